The summed E-state index contributed by atoms with van der Waals surface area (Å²) in [6, 6.07) is 0. The average molecular weight is 581 g/mol. The van der Waals surface area contributed by atoms with Gasteiger partial charge in [0.2, 0.25) is 0 Å². The summed E-state index contributed by atoms with van der Waals surface area (Å²) in [5.41, 5.74) is 0. The highest BCUT2D eigenvalue weighted by Crippen LogP contribution is 2.38. The molecule has 0 amide bonds. The van der Waals surface area contributed by atoms with Crippen molar-refractivity contribution in [2.24, 2.45) is 41.4 Å². The van der Waals surface area contributed by atoms with Gasteiger partial charge in [-0.15, -0.1) is 0 Å². The molecule has 1 aliphatic rings. The van der Waals surface area contributed by atoms with E-state index in [1.54, 1.807) is 0 Å². The molecule has 0 aromatic rings. The van der Waals surface area contributed by atoms with E-state index in [-0.39, 0.29) is 0 Å². The number of hydrogen-bond acceptors (Lipinski definition) is 0. The summed E-state index contributed by atoms with van der Waals surface area (Å²) in [5, 5.41) is 0. The first-order valence-corrected chi connectivity index (χ1v) is 19.8. The van der Waals surface area contributed by atoms with Crippen LogP contribution in [0.15, 0.2) is 0 Å². The maximum absolute atomic E-state index is 2.39. The number of hydrogen-bond donors (Lipinski definition) is 0. The molecule has 0 N–H and O–H groups in total. The summed E-state index contributed by atoms with van der Waals surface area (Å²) >= 11 is 0. The molecule has 0 unspecified atom stereocenters. The van der Waals surface area contributed by atoms with Gasteiger partial charge in [-0.1, -0.05) is 186 Å². The second-order valence-corrected chi connectivity index (χ2v) is 13.9. The Labute approximate surface area is 265 Å². The Morgan fingerprint density at radius 1 is 0.366 bits per heavy atom. The van der Waals surface area contributed by atoms with Crippen molar-refractivity contribution in [1.29, 1.82) is 0 Å². The van der Waals surface area contributed by atoms with E-state index < -0.39 is 0 Å². The summed E-state index contributed by atoms with van der Waals surface area (Å²) in [6.45, 7) is 30.1. The summed E-state index contributed by atoms with van der Waals surface area (Å²) in [6.07, 6.45) is 29.8. The first-order chi connectivity index (χ1) is 19.8. The molecule has 41 heavy (non-hydrogen) atoms. The molecule has 1 rings (SSSR count). The molecule has 0 radical (unpaired) electrons. The molecule has 0 bridgehead atoms. The Hall–Kier alpha value is 0. The van der Waals surface area contributed by atoms with Gasteiger partial charge in [-0.25, -0.2) is 0 Å². The minimum absolute atomic E-state index is 0.976. The zero-order chi connectivity index (χ0) is 31.9. The highest BCUT2D eigenvalue weighted by atomic mass is 14.3. The molecule has 1 saturated carbocycles. The molecular formula is C41H88. The van der Waals surface area contributed by atoms with Crippen molar-refractivity contribution in [2.75, 3.05) is 0 Å². The fraction of sp³-hybridized carbons (Fsp3) is 1.00. The monoisotopic (exact) mass is 581 g/mol. The lowest BCUT2D eigenvalue weighted by Gasteiger charge is -2.33. The predicted molar refractivity (Wildman–Crippen MR) is 195 cm³/mol. The molecule has 0 heterocycles. The van der Waals surface area contributed by atoms with Crippen molar-refractivity contribution in [2.45, 2.75) is 225 Å². The molecule has 0 nitrogen and oxygen atoms in total. The molecular weight excluding hydrogens is 492 g/mol. The lowest BCUT2D eigenvalue weighted by atomic mass is 9.72. The van der Waals surface area contributed by atoms with E-state index >= 15 is 0 Å². The zero-order valence-corrected chi connectivity index (χ0v) is 31.9. The third-order valence-corrected chi connectivity index (χ3v) is 10.4. The maximum atomic E-state index is 2.39. The van der Waals surface area contributed by atoms with Gasteiger partial charge in [0.15, 0.2) is 0 Å². The van der Waals surface area contributed by atoms with Crippen LogP contribution in [0.5, 0.6) is 0 Å². The highest BCUT2D eigenvalue weighted by molar-refractivity contribution is 4.77. The van der Waals surface area contributed by atoms with Crippen molar-refractivity contribution in [3.8, 4) is 0 Å². The van der Waals surface area contributed by atoms with Crippen LogP contribution in [0.25, 0.3) is 0 Å². The van der Waals surface area contributed by atoms with E-state index in [0.717, 1.165) is 41.4 Å². The Kier molecular flexibility index (Phi) is 38.2. The molecule has 0 spiro atoms. The van der Waals surface area contributed by atoms with Gasteiger partial charge in [0.25, 0.3) is 0 Å². The molecule has 0 aliphatic heterocycles. The molecule has 0 aromatic carbocycles. The van der Waals surface area contributed by atoms with Gasteiger partial charge in [-0.3, -0.25) is 0 Å². The fourth-order valence-electron chi connectivity index (χ4n) is 6.90. The third kappa shape index (κ3) is 27.3. The largest absolute Gasteiger partial charge is 0.0656 e. The molecule has 252 valence electrons. The van der Waals surface area contributed by atoms with Crippen LogP contribution in [-0.4, -0.2) is 0 Å². The Bertz CT molecular complexity index is 379. The van der Waals surface area contributed by atoms with E-state index in [4.69, 9.17) is 0 Å². The van der Waals surface area contributed by atoms with Crippen LogP contribution in [0.2, 0.25) is 0 Å². The van der Waals surface area contributed by atoms with E-state index in [1.165, 1.54) is 135 Å². The first-order valence-electron chi connectivity index (χ1n) is 19.8. The van der Waals surface area contributed by atoms with E-state index in [2.05, 4.69) is 90.0 Å². The van der Waals surface area contributed by atoms with Gasteiger partial charge >= 0.3 is 0 Å². The van der Waals surface area contributed by atoms with Crippen molar-refractivity contribution in [3.63, 3.8) is 0 Å². The Morgan fingerprint density at radius 2 is 0.610 bits per heavy atom. The summed E-state index contributed by atoms with van der Waals surface area (Å²) in [5.74, 6) is 7.02. The standard InChI is InChI=1S/C16H32.C15H32.C7H16.C3H8/c1-5-13-9-14(6-2)11-16(8-4)12-15(7-3)10-13;1-6-13(7-2)11-15(10-5)12-14(8-3)9-4;1-3-5-7-6-4-2;1-3-2/h13-16H,5-12H2,1-4H3;13-15H,6-12H2,1-5H3;3-7H2,1-2H3;3H2,1-2H3. The molecule has 1 aliphatic carbocycles. The lowest BCUT2D eigenvalue weighted by Crippen LogP contribution is -2.21. The normalized spacial score (nSPS) is 20.8. The predicted octanol–water partition coefficient (Wildman–Crippen LogP) is 15.7. The molecule has 1 fully saturated rings. The van der Waals surface area contributed by atoms with Crippen LogP contribution in [-0.2, 0) is 0 Å². The molecule has 0 saturated heterocycles. The molecule has 0 aromatic heterocycles. The van der Waals surface area contributed by atoms with Gasteiger partial charge in [-0.05, 0) is 80.0 Å². The van der Waals surface area contributed by atoms with E-state index in [0.29, 0.717) is 0 Å². The van der Waals surface area contributed by atoms with Crippen molar-refractivity contribution < 1.29 is 0 Å². The second-order valence-electron chi connectivity index (χ2n) is 13.9. The second kappa shape index (κ2) is 34.5. The number of rotatable bonds is 17. The minimum Gasteiger partial charge on any atom is -0.0656 e. The van der Waals surface area contributed by atoms with Crippen LogP contribution in [0.3, 0.4) is 0 Å². The van der Waals surface area contributed by atoms with Gasteiger partial charge in [-0.2, -0.15) is 0 Å². The quantitative estimate of drug-likeness (QED) is 0.150. The van der Waals surface area contributed by atoms with Crippen molar-refractivity contribution in [1.82, 2.24) is 0 Å². The van der Waals surface area contributed by atoms with Crippen molar-refractivity contribution >= 4 is 0 Å². The van der Waals surface area contributed by atoms with Crippen LogP contribution in [0, 0.1) is 41.4 Å². The molecule has 0 atom stereocenters. The maximum Gasteiger partial charge on any atom is -0.0412 e. The van der Waals surface area contributed by atoms with Crippen LogP contribution < -0.4 is 0 Å². The van der Waals surface area contributed by atoms with Crippen LogP contribution in [0.4, 0.5) is 0 Å². The van der Waals surface area contributed by atoms with Gasteiger partial charge in [0.1, 0.15) is 0 Å². The Balaban J connectivity index is -0.000000535. The third-order valence-electron chi connectivity index (χ3n) is 10.4. The van der Waals surface area contributed by atoms with E-state index in [9.17, 15) is 0 Å². The summed E-state index contributed by atoms with van der Waals surface area (Å²) < 4.78 is 0. The van der Waals surface area contributed by atoms with Gasteiger partial charge < -0.3 is 0 Å². The number of unbranched alkanes of at least 4 members (excludes halogenated alkanes) is 4. The highest BCUT2D eigenvalue weighted by Gasteiger charge is 2.25. The lowest BCUT2D eigenvalue weighted by molar-refractivity contribution is 0.183. The summed E-state index contributed by atoms with van der Waals surface area (Å²) in [4.78, 5) is 0. The smallest absolute Gasteiger partial charge is 0.0412 e. The SMILES string of the molecule is CCC.CCC(CC)CC(CC)CC(CC)CC.CCC1CC(CC)CC(CC)CC(CC)C1.CCCCCCC. The Morgan fingerprint density at radius 3 is 0.780 bits per heavy atom. The topological polar surface area (TPSA) is 0 Å². The average Bonchev–Trinajstić information content (AvgIpc) is 2.99. The first kappa shape index (κ1) is 45.4. The minimum atomic E-state index is 0.976. The van der Waals surface area contributed by atoms with Crippen molar-refractivity contribution in [3.05, 3.63) is 0 Å². The van der Waals surface area contributed by atoms with Crippen LogP contribution >= 0.6 is 0 Å². The van der Waals surface area contributed by atoms with Gasteiger partial charge in [0, 0.05) is 0 Å². The van der Waals surface area contributed by atoms with E-state index in [1.807, 2.05) is 0 Å². The molecule has 0 heteroatoms. The van der Waals surface area contributed by atoms with Crippen LogP contribution in [0.1, 0.15) is 225 Å². The zero-order valence-electron chi connectivity index (χ0n) is 31.9. The fourth-order valence-corrected chi connectivity index (χ4v) is 6.90. The summed E-state index contributed by atoms with van der Waals surface area (Å²) in [7, 11) is 0. The van der Waals surface area contributed by atoms with Gasteiger partial charge in [0.05, 0.1) is 0 Å².